The van der Waals surface area contributed by atoms with Gasteiger partial charge in [-0.3, -0.25) is 9.48 Å². The number of aromatic nitrogens is 3. The van der Waals surface area contributed by atoms with Crippen molar-refractivity contribution in [2.45, 2.75) is 19.8 Å². The lowest BCUT2D eigenvalue weighted by Gasteiger charge is -2.08. The second-order valence-electron chi connectivity index (χ2n) is 4.56. The summed E-state index contributed by atoms with van der Waals surface area (Å²) >= 11 is 0. The molecule has 2 N–H and O–H groups in total. The first-order valence-corrected chi connectivity index (χ1v) is 6.62. The highest BCUT2D eigenvalue weighted by molar-refractivity contribution is 6.04. The highest BCUT2D eigenvalue weighted by atomic mass is 16.1. The van der Waals surface area contributed by atoms with Crippen LogP contribution in [0.25, 0.3) is 0 Å². The van der Waals surface area contributed by atoms with E-state index in [-0.39, 0.29) is 5.91 Å². The van der Waals surface area contributed by atoms with Crippen LogP contribution in [0.3, 0.4) is 0 Å². The molecular formula is C14H19N5O. The summed E-state index contributed by atoms with van der Waals surface area (Å²) in [4.78, 5) is 16.7. The number of nitrogens with zero attached hydrogens (tertiary/aromatic N) is 3. The van der Waals surface area contributed by atoms with Gasteiger partial charge in [0.2, 0.25) is 0 Å². The van der Waals surface area contributed by atoms with E-state index in [9.17, 15) is 4.79 Å². The van der Waals surface area contributed by atoms with Gasteiger partial charge in [0.25, 0.3) is 5.91 Å². The fraction of sp³-hybridized carbons (Fsp3) is 0.357. The molecule has 0 atom stereocenters. The molecule has 1 amide bonds. The third-order valence-electron chi connectivity index (χ3n) is 2.86. The van der Waals surface area contributed by atoms with E-state index in [0.29, 0.717) is 17.2 Å². The van der Waals surface area contributed by atoms with Crippen molar-refractivity contribution in [3.05, 3.63) is 35.7 Å². The summed E-state index contributed by atoms with van der Waals surface area (Å²) in [6.07, 6.45) is 3.62. The smallest absolute Gasteiger partial charge is 0.257 e. The number of rotatable bonds is 5. The Morgan fingerprint density at radius 1 is 1.35 bits per heavy atom. The Bertz CT molecular complexity index is 605. The van der Waals surface area contributed by atoms with Crippen LogP contribution in [0.4, 0.5) is 11.6 Å². The van der Waals surface area contributed by atoms with Crippen LogP contribution < -0.4 is 10.6 Å². The third kappa shape index (κ3) is 3.34. The van der Waals surface area contributed by atoms with Gasteiger partial charge in [-0.25, -0.2) is 4.98 Å². The average Bonchev–Trinajstić information content (AvgIpc) is 2.84. The topological polar surface area (TPSA) is 71.8 Å². The van der Waals surface area contributed by atoms with Crippen molar-refractivity contribution in [3.63, 3.8) is 0 Å². The fourth-order valence-electron chi connectivity index (χ4n) is 1.90. The molecular weight excluding hydrogens is 254 g/mol. The maximum Gasteiger partial charge on any atom is 0.257 e. The molecule has 0 aliphatic carbocycles. The molecule has 0 radical (unpaired) electrons. The maximum absolute atomic E-state index is 12.2. The van der Waals surface area contributed by atoms with Gasteiger partial charge in [-0.2, -0.15) is 5.10 Å². The molecule has 2 rings (SSSR count). The van der Waals surface area contributed by atoms with Gasteiger partial charge >= 0.3 is 0 Å². The lowest BCUT2D eigenvalue weighted by Crippen LogP contribution is -2.14. The lowest BCUT2D eigenvalue weighted by atomic mass is 10.1. The molecule has 2 aromatic rings. The summed E-state index contributed by atoms with van der Waals surface area (Å²) in [6.45, 7) is 2.08. The normalized spacial score (nSPS) is 10.3. The zero-order valence-corrected chi connectivity index (χ0v) is 12.0. The third-order valence-corrected chi connectivity index (χ3v) is 2.86. The van der Waals surface area contributed by atoms with Gasteiger partial charge in [-0.1, -0.05) is 13.3 Å². The van der Waals surface area contributed by atoms with Crippen molar-refractivity contribution < 1.29 is 4.79 Å². The quantitative estimate of drug-likeness (QED) is 0.874. The Morgan fingerprint density at radius 3 is 2.75 bits per heavy atom. The minimum atomic E-state index is -0.181. The Labute approximate surface area is 118 Å². The molecule has 2 aromatic heterocycles. The first-order chi connectivity index (χ1) is 9.62. The molecule has 2 heterocycles. The SMILES string of the molecule is CCCc1cc(C(=O)Nc2ccn(C)n2)cc(NC)n1. The molecule has 0 aromatic carbocycles. The largest absolute Gasteiger partial charge is 0.373 e. The van der Waals surface area contributed by atoms with E-state index in [1.807, 2.05) is 6.07 Å². The standard InChI is InChI=1S/C14H19N5O/c1-4-5-11-8-10(9-13(15-2)16-11)14(20)17-12-6-7-19(3)18-12/h6-9H,4-5H2,1-3H3,(H,15,16)(H,17,18,20). The Morgan fingerprint density at radius 2 is 2.15 bits per heavy atom. The molecule has 0 saturated heterocycles. The van der Waals surface area contributed by atoms with Crippen molar-refractivity contribution in [1.29, 1.82) is 0 Å². The van der Waals surface area contributed by atoms with Gasteiger partial charge in [-0.05, 0) is 18.6 Å². The lowest BCUT2D eigenvalue weighted by molar-refractivity contribution is 0.102. The fourth-order valence-corrected chi connectivity index (χ4v) is 1.90. The summed E-state index contributed by atoms with van der Waals surface area (Å²) in [5, 5.41) is 9.88. The molecule has 20 heavy (non-hydrogen) atoms. The first-order valence-electron chi connectivity index (χ1n) is 6.62. The predicted octanol–water partition coefficient (Wildman–Crippen LogP) is 2.06. The van der Waals surface area contributed by atoms with Crippen LogP contribution in [0.5, 0.6) is 0 Å². The van der Waals surface area contributed by atoms with E-state index in [2.05, 4.69) is 27.6 Å². The maximum atomic E-state index is 12.2. The minimum Gasteiger partial charge on any atom is -0.373 e. The molecule has 106 valence electrons. The van der Waals surface area contributed by atoms with Gasteiger partial charge in [-0.15, -0.1) is 0 Å². The number of hydrogen-bond donors (Lipinski definition) is 2. The van der Waals surface area contributed by atoms with Crippen molar-refractivity contribution >= 4 is 17.5 Å². The number of pyridine rings is 1. The Kier molecular flexibility index (Phi) is 4.34. The molecule has 0 fully saturated rings. The number of carbonyl (C=O) groups is 1. The van der Waals surface area contributed by atoms with Crippen molar-refractivity contribution in [1.82, 2.24) is 14.8 Å². The van der Waals surface area contributed by atoms with Crippen LogP contribution in [-0.4, -0.2) is 27.7 Å². The van der Waals surface area contributed by atoms with Crippen LogP contribution in [-0.2, 0) is 13.5 Å². The first kappa shape index (κ1) is 14.0. The zero-order valence-electron chi connectivity index (χ0n) is 12.0. The monoisotopic (exact) mass is 273 g/mol. The van der Waals surface area contributed by atoms with Crippen molar-refractivity contribution in [2.75, 3.05) is 17.7 Å². The van der Waals surface area contributed by atoms with Gasteiger partial charge in [0.1, 0.15) is 5.82 Å². The second-order valence-corrected chi connectivity index (χ2v) is 4.56. The van der Waals surface area contributed by atoms with Crippen LogP contribution in [0.2, 0.25) is 0 Å². The van der Waals surface area contributed by atoms with Crippen LogP contribution in [0.1, 0.15) is 29.4 Å². The number of nitrogens with one attached hydrogen (secondary N) is 2. The van der Waals surface area contributed by atoms with Gasteiger partial charge in [0, 0.05) is 37.6 Å². The highest BCUT2D eigenvalue weighted by Gasteiger charge is 2.11. The number of hydrogen-bond acceptors (Lipinski definition) is 4. The van der Waals surface area contributed by atoms with Crippen LogP contribution >= 0.6 is 0 Å². The summed E-state index contributed by atoms with van der Waals surface area (Å²) in [5.41, 5.74) is 1.49. The summed E-state index contributed by atoms with van der Waals surface area (Å²) in [7, 11) is 3.60. The second kappa shape index (κ2) is 6.18. The number of aryl methyl sites for hydroxylation is 2. The zero-order chi connectivity index (χ0) is 14.5. The Hall–Kier alpha value is -2.37. The summed E-state index contributed by atoms with van der Waals surface area (Å²) in [5.74, 6) is 1.06. The van der Waals surface area contributed by atoms with E-state index >= 15 is 0 Å². The van der Waals surface area contributed by atoms with E-state index < -0.39 is 0 Å². The number of anilines is 2. The Balaban J connectivity index is 2.21. The van der Waals surface area contributed by atoms with Crippen LogP contribution in [0.15, 0.2) is 24.4 Å². The van der Waals surface area contributed by atoms with Crippen molar-refractivity contribution in [3.8, 4) is 0 Å². The molecule has 0 unspecified atom stereocenters. The molecule has 0 aliphatic heterocycles. The number of carbonyl (C=O) groups excluding carboxylic acids is 1. The summed E-state index contributed by atoms with van der Waals surface area (Å²) < 4.78 is 1.64. The van der Waals surface area contributed by atoms with E-state index in [1.165, 1.54) is 0 Å². The highest BCUT2D eigenvalue weighted by Crippen LogP contribution is 2.13. The molecule has 0 spiro atoms. The number of amides is 1. The molecule has 6 nitrogen and oxygen atoms in total. The molecule has 6 heteroatoms. The average molecular weight is 273 g/mol. The minimum absolute atomic E-state index is 0.181. The van der Waals surface area contributed by atoms with E-state index in [0.717, 1.165) is 18.5 Å². The molecule has 0 aliphatic rings. The van der Waals surface area contributed by atoms with Gasteiger partial charge in [0.15, 0.2) is 5.82 Å². The van der Waals surface area contributed by atoms with Crippen molar-refractivity contribution in [2.24, 2.45) is 7.05 Å². The van der Waals surface area contributed by atoms with E-state index in [4.69, 9.17) is 0 Å². The molecule has 0 bridgehead atoms. The predicted molar refractivity (Wildman–Crippen MR) is 78.9 cm³/mol. The van der Waals surface area contributed by atoms with Gasteiger partial charge in [0.05, 0.1) is 0 Å². The van der Waals surface area contributed by atoms with Crippen LogP contribution in [0, 0.1) is 0 Å². The summed E-state index contributed by atoms with van der Waals surface area (Å²) in [6, 6.07) is 5.31. The van der Waals surface area contributed by atoms with Gasteiger partial charge < -0.3 is 10.6 Å². The van der Waals surface area contributed by atoms with E-state index in [1.54, 1.807) is 37.1 Å². The molecule has 0 saturated carbocycles.